The van der Waals surface area contributed by atoms with Gasteiger partial charge in [0.1, 0.15) is 0 Å². The second kappa shape index (κ2) is 12.3. The molecule has 0 fully saturated rings. The first kappa shape index (κ1) is 28.8. The fourth-order valence-corrected chi connectivity index (χ4v) is 7.29. The number of hydrogen-bond acceptors (Lipinski definition) is 1. The average Bonchev–Trinajstić information content (AvgIpc) is 3.19. The van der Waals surface area contributed by atoms with Crippen LogP contribution in [0, 0.1) is 0 Å². The number of para-hydroxylation sites is 1. The molecule has 230 valence electrons. The van der Waals surface area contributed by atoms with Crippen LogP contribution in [0.5, 0.6) is 0 Å². The highest BCUT2D eigenvalue weighted by molar-refractivity contribution is 6.24. The van der Waals surface area contributed by atoms with Crippen molar-refractivity contribution in [3.05, 3.63) is 200 Å². The molecule has 1 heteroatoms. The standard InChI is InChI=1S/C48H33N/c1-4-14-34(15-5-1)38-27-31-47(46(32-38)35-16-6-2-7-17-35)49(40-20-8-3-9-21-40)41-28-24-37(25-29-41)45-33-39-19-11-13-23-43(39)48-42-22-12-10-18-36(42)26-30-44(45)48/h1-33H. The zero-order chi connectivity index (χ0) is 32.6. The van der Waals surface area contributed by atoms with Gasteiger partial charge in [-0.15, -0.1) is 0 Å². The van der Waals surface area contributed by atoms with Crippen LogP contribution in [0.2, 0.25) is 0 Å². The van der Waals surface area contributed by atoms with Crippen LogP contribution >= 0.6 is 0 Å². The van der Waals surface area contributed by atoms with Gasteiger partial charge in [0.2, 0.25) is 0 Å². The molecule has 9 rings (SSSR count). The monoisotopic (exact) mass is 623 g/mol. The lowest BCUT2D eigenvalue weighted by Crippen LogP contribution is -2.11. The average molecular weight is 624 g/mol. The first-order valence-electron chi connectivity index (χ1n) is 16.9. The number of anilines is 3. The van der Waals surface area contributed by atoms with E-state index in [4.69, 9.17) is 0 Å². The molecule has 0 saturated heterocycles. The molecule has 0 aliphatic heterocycles. The van der Waals surface area contributed by atoms with Gasteiger partial charge in [0, 0.05) is 16.9 Å². The Morgan fingerprint density at radius 1 is 0.286 bits per heavy atom. The molecule has 0 atom stereocenters. The molecule has 0 aliphatic rings. The number of hydrogen-bond donors (Lipinski definition) is 0. The molecule has 0 amide bonds. The third-order valence-corrected chi connectivity index (χ3v) is 9.63. The summed E-state index contributed by atoms with van der Waals surface area (Å²) in [7, 11) is 0. The van der Waals surface area contributed by atoms with Gasteiger partial charge in [0.15, 0.2) is 0 Å². The highest BCUT2D eigenvalue weighted by Gasteiger charge is 2.19. The Kier molecular flexibility index (Phi) is 7.22. The van der Waals surface area contributed by atoms with Crippen LogP contribution in [0.3, 0.4) is 0 Å². The van der Waals surface area contributed by atoms with Gasteiger partial charge in [-0.25, -0.2) is 0 Å². The van der Waals surface area contributed by atoms with E-state index < -0.39 is 0 Å². The van der Waals surface area contributed by atoms with Crippen molar-refractivity contribution in [2.75, 3.05) is 4.90 Å². The highest BCUT2D eigenvalue weighted by atomic mass is 15.1. The van der Waals surface area contributed by atoms with Crippen LogP contribution in [0.4, 0.5) is 17.1 Å². The van der Waals surface area contributed by atoms with Gasteiger partial charge in [-0.2, -0.15) is 0 Å². The van der Waals surface area contributed by atoms with Crippen LogP contribution in [0.1, 0.15) is 0 Å². The quantitative estimate of drug-likeness (QED) is 0.167. The second-order valence-corrected chi connectivity index (χ2v) is 12.5. The molecule has 0 aliphatic carbocycles. The van der Waals surface area contributed by atoms with Crippen molar-refractivity contribution >= 4 is 49.4 Å². The predicted molar refractivity (Wildman–Crippen MR) is 210 cm³/mol. The summed E-state index contributed by atoms with van der Waals surface area (Å²) in [6.45, 7) is 0. The van der Waals surface area contributed by atoms with Gasteiger partial charge in [0.05, 0.1) is 5.69 Å². The Morgan fingerprint density at radius 2 is 0.816 bits per heavy atom. The lowest BCUT2D eigenvalue weighted by Gasteiger charge is -2.28. The Bertz CT molecular complexity index is 2560. The van der Waals surface area contributed by atoms with Gasteiger partial charge < -0.3 is 4.90 Å². The highest BCUT2D eigenvalue weighted by Crippen LogP contribution is 2.44. The van der Waals surface area contributed by atoms with Crippen LogP contribution < -0.4 is 4.90 Å². The van der Waals surface area contributed by atoms with Crippen LogP contribution in [0.15, 0.2) is 200 Å². The van der Waals surface area contributed by atoms with E-state index in [1.165, 1.54) is 65.7 Å². The van der Waals surface area contributed by atoms with E-state index in [1.54, 1.807) is 0 Å². The summed E-state index contributed by atoms with van der Waals surface area (Å²) >= 11 is 0. The van der Waals surface area contributed by atoms with Gasteiger partial charge in [-0.3, -0.25) is 0 Å². The minimum absolute atomic E-state index is 1.11. The summed E-state index contributed by atoms with van der Waals surface area (Å²) in [6, 6.07) is 72.4. The largest absolute Gasteiger partial charge is 0.310 e. The van der Waals surface area contributed by atoms with E-state index >= 15 is 0 Å². The molecule has 49 heavy (non-hydrogen) atoms. The maximum absolute atomic E-state index is 2.38. The van der Waals surface area contributed by atoms with Crippen molar-refractivity contribution in [2.24, 2.45) is 0 Å². The normalized spacial score (nSPS) is 11.3. The Hall–Kier alpha value is -6.44. The fraction of sp³-hybridized carbons (Fsp3) is 0. The topological polar surface area (TPSA) is 3.24 Å². The predicted octanol–water partition coefficient (Wildman–Crippen LogP) is 13.6. The molecule has 0 N–H and O–H groups in total. The summed E-state index contributed by atoms with van der Waals surface area (Å²) < 4.78 is 0. The maximum Gasteiger partial charge on any atom is 0.0540 e. The summed E-state index contributed by atoms with van der Waals surface area (Å²) in [6.07, 6.45) is 0. The van der Waals surface area contributed by atoms with E-state index in [2.05, 4.69) is 205 Å². The lowest BCUT2D eigenvalue weighted by molar-refractivity contribution is 1.28. The first-order valence-corrected chi connectivity index (χ1v) is 16.9. The van der Waals surface area contributed by atoms with E-state index in [1.807, 2.05) is 0 Å². The maximum atomic E-state index is 2.38. The van der Waals surface area contributed by atoms with E-state index in [-0.39, 0.29) is 0 Å². The number of fused-ring (bicyclic) bond motifs is 5. The number of rotatable bonds is 6. The zero-order valence-corrected chi connectivity index (χ0v) is 27.0. The Morgan fingerprint density at radius 3 is 1.53 bits per heavy atom. The third kappa shape index (κ3) is 5.23. The van der Waals surface area contributed by atoms with Crippen molar-refractivity contribution in [2.45, 2.75) is 0 Å². The lowest BCUT2D eigenvalue weighted by atomic mass is 9.90. The molecule has 0 saturated carbocycles. The van der Waals surface area contributed by atoms with Crippen LogP contribution in [-0.4, -0.2) is 0 Å². The van der Waals surface area contributed by atoms with Crippen molar-refractivity contribution < 1.29 is 0 Å². The Labute approximate surface area is 287 Å². The minimum atomic E-state index is 1.11. The SMILES string of the molecule is c1ccc(-c2ccc(N(c3ccccc3)c3ccc(-c4cc5ccccc5c5c4ccc4ccccc45)cc3)c(-c3ccccc3)c2)cc1. The number of benzene rings is 9. The van der Waals surface area contributed by atoms with Gasteiger partial charge in [0.25, 0.3) is 0 Å². The zero-order valence-electron chi connectivity index (χ0n) is 27.0. The fourth-order valence-electron chi connectivity index (χ4n) is 7.29. The molecule has 9 aromatic carbocycles. The molecule has 0 spiro atoms. The molecule has 0 aromatic heterocycles. The molecule has 1 nitrogen and oxygen atoms in total. The Balaban J connectivity index is 1.22. The molecular weight excluding hydrogens is 591 g/mol. The molecule has 0 bridgehead atoms. The second-order valence-electron chi connectivity index (χ2n) is 12.5. The van der Waals surface area contributed by atoms with Crippen molar-refractivity contribution in [3.63, 3.8) is 0 Å². The first-order chi connectivity index (χ1) is 24.3. The molecule has 0 unspecified atom stereocenters. The minimum Gasteiger partial charge on any atom is -0.310 e. The van der Waals surface area contributed by atoms with E-state index in [0.29, 0.717) is 0 Å². The summed E-state index contributed by atoms with van der Waals surface area (Å²) in [5, 5.41) is 7.68. The molecule has 9 aromatic rings. The molecule has 0 radical (unpaired) electrons. The number of nitrogens with zero attached hydrogens (tertiary/aromatic N) is 1. The van der Waals surface area contributed by atoms with E-state index in [9.17, 15) is 0 Å². The van der Waals surface area contributed by atoms with Gasteiger partial charge >= 0.3 is 0 Å². The smallest absolute Gasteiger partial charge is 0.0540 e. The molecule has 0 heterocycles. The summed E-state index contributed by atoms with van der Waals surface area (Å²) in [4.78, 5) is 2.38. The van der Waals surface area contributed by atoms with E-state index in [0.717, 1.165) is 17.1 Å². The van der Waals surface area contributed by atoms with Gasteiger partial charge in [-0.1, -0.05) is 158 Å². The van der Waals surface area contributed by atoms with Crippen molar-refractivity contribution in [1.82, 2.24) is 0 Å². The molecular formula is C48H33N. The van der Waals surface area contributed by atoms with Crippen LogP contribution in [-0.2, 0) is 0 Å². The van der Waals surface area contributed by atoms with Gasteiger partial charge in [-0.05, 0) is 103 Å². The summed E-state index contributed by atoms with van der Waals surface area (Å²) in [5.41, 5.74) is 10.6. The van der Waals surface area contributed by atoms with Crippen molar-refractivity contribution in [1.29, 1.82) is 0 Å². The van der Waals surface area contributed by atoms with Crippen LogP contribution in [0.25, 0.3) is 65.7 Å². The third-order valence-electron chi connectivity index (χ3n) is 9.63. The summed E-state index contributed by atoms with van der Waals surface area (Å²) in [5.74, 6) is 0. The van der Waals surface area contributed by atoms with Crippen molar-refractivity contribution in [3.8, 4) is 33.4 Å².